The van der Waals surface area contributed by atoms with Gasteiger partial charge < -0.3 is 20.5 Å². The maximum Gasteiger partial charge on any atom is 0.407 e. The summed E-state index contributed by atoms with van der Waals surface area (Å²) in [5, 5.41) is 15.0. The van der Waals surface area contributed by atoms with Crippen molar-refractivity contribution >= 4 is 18.5 Å². The van der Waals surface area contributed by atoms with Crippen molar-refractivity contribution in [2.45, 2.75) is 18.6 Å². The number of amides is 1. The molecule has 98 valence electrons. The number of aliphatic hydroxyl groups is 1. The standard InChI is InChI=1S/C11H18N2O3.ClH/c1-3-4-16-11(15)13-6-8(2)10-5-9(14)7-12-10;/h3,9-10,12,14H,1-2,4-7H2,(H,13,15);1H/t9-,10+;/m1./s1. The molecule has 1 aliphatic heterocycles. The van der Waals surface area contributed by atoms with Crippen LogP contribution in [0.25, 0.3) is 0 Å². The summed E-state index contributed by atoms with van der Waals surface area (Å²) in [5.74, 6) is 0. The smallest absolute Gasteiger partial charge is 0.407 e. The van der Waals surface area contributed by atoms with Gasteiger partial charge in [-0.25, -0.2) is 4.79 Å². The molecule has 0 aromatic heterocycles. The first-order valence-electron chi connectivity index (χ1n) is 5.24. The Kier molecular flexibility index (Phi) is 7.61. The second kappa shape index (κ2) is 8.11. The molecule has 0 aromatic carbocycles. The third kappa shape index (κ3) is 5.72. The molecule has 0 aromatic rings. The van der Waals surface area contributed by atoms with E-state index in [1.165, 1.54) is 6.08 Å². The number of nitrogens with one attached hydrogen (secondary N) is 2. The summed E-state index contributed by atoms with van der Waals surface area (Å²) in [5.41, 5.74) is 0.840. The Morgan fingerprint density at radius 2 is 2.35 bits per heavy atom. The number of aliphatic hydroxyl groups excluding tert-OH is 1. The van der Waals surface area contributed by atoms with Crippen molar-refractivity contribution in [3.8, 4) is 0 Å². The normalized spacial score (nSPS) is 22.4. The molecular formula is C11H19ClN2O3. The number of carbonyl (C=O) groups excluding carboxylic acids is 1. The van der Waals surface area contributed by atoms with Crippen LogP contribution in [0.1, 0.15) is 6.42 Å². The molecule has 1 fully saturated rings. The summed E-state index contributed by atoms with van der Waals surface area (Å²) in [7, 11) is 0. The van der Waals surface area contributed by atoms with Crippen LogP contribution in [0.2, 0.25) is 0 Å². The Labute approximate surface area is 107 Å². The number of hydrogen-bond donors (Lipinski definition) is 3. The van der Waals surface area contributed by atoms with Crippen molar-refractivity contribution in [3.05, 3.63) is 24.8 Å². The van der Waals surface area contributed by atoms with E-state index >= 15 is 0 Å². The third-order valence-corrected chi connectivity index (χ3v) is 2.39. The van der Waals surface area contributed by atoms with Crippen LogP contribution in [0.5, 0.6) is 0 Å². The average molecular weight is 263 g/mol. The summed E-state index contributed by atoms with van der Waals surface area (Å²) in [6, 6.07) is 0.0645. The third-order valence-electron chi connectivity index (χ3n) is 2.39. The first-order valence-corrected chi connectivity index (χ1v) is 5.24. The highest BCUT2D eigenvalue weighted by molar-refractivity contribution is 5.85. The molecule has 0 saturated carbocycles. The highest BCUT2D eigenvalue weighted by atomic mass is 35.5. The van der Waals surface area contributed by atoms with Crippen LogP contribution in [-0.4, -0.2) is 43.0 Å². The van der Waals surface area contributed by atoms with Gasteiger partial charge in [0.1, 0.15) is 6.61 Å². The van der Waals surface area contributed by atoms with Crippen LogP contribution in [0, 0.1) is 0 Å². The number of halogens is 1. The number of carbonyl (C=O) groups is 1. The molecule has 17 heavy (non-hydrogen) atoms. The number of alkyl carbamates (subject to hydrolysis) is 1. The molecule has 5 nitrogen and oxygen atoms in total. The lowest BCUT2D eigenvalue weighted by Crippen LogP contribution is -2.32. The molecule has 1 saturated heterocycles. The SMILES string of the molecule is C=CCOC(=O)NCC(=C)[C@@H]1C[C@@H](O)CN1.Cl. The molecule has 0 unspecified atom stereocenters. The lowest BCUT2D eigenvalue weighted by atomic mass is 10.1. The summed E-state index contributed by atoms with van der Waals surface area (Å²) in [4.78, 5) is 11.1. The van der Waals surface area contributed by atoms with Gasteiger partial charge in [-0.1, -0.05) is 19.2 Å². The molecule has 1 aliphatic rings. The van der Waals surface area contributed by atoms with Gasteiger partial charge in [0, 0.05) is 19.1 Å². The summed E-state index contributed by atoms with van der Waals surface area (Å²) >= 11 is 0. The molecule has 0 bridgehead atoms. The van der Waals surface area contributed by atoms with Crippen LogP contribution in [0.15, 0.2) is 24.8 Å². The fraction of sp³-hybridized carbons (Fsp3) is 0.545. The number of hydrogen-bond acceptors (Lipinski definition) is 4. The van der Waals surface area contributed by atoms with Crippen molar-refractivity contribution in [2.24, 2.45) is 0 Å². The molecular weight excluding hydrogens is 244 g/mol. The molecule has 0 spiro atoms. The minimum Gasteiger partial charge on any atom is -0.445 e. The van der Waals surface area contributed by atoms with Gasteiger partial charge in [-0.05, 0) is 12.0 Å². The predicted molar refractivity (Wildman–Crippen MR) is 68.4 cm³/mol. The highest BCUT2D eigenvalue weighted by Crippen LogP contribution is 2.12. The second-order valence-electron chi connectivity index (χ2n) is 3.75. The number of ether oxygens (including phenoxy) is 1. The van der Waals surface area contributed by atoms with E-state index in [9.17, 15) is 9.90 Å². The average Bonchev–Trinajstić information content (AvgIpc) is 2.69. The van der Waals surface area contributed by atoms with Gasteiger partial charge in [0.15, 0.2) is 0 Å². The van der Waals surface area contributed by atoms with E-state index in [4.69, 9.17) is 4.74 Å². The van der Waals surface area contributed by atoms with Gasteiger partial charge >= 0.3 is 6.09 Å². The van der Waals surface area contributed by atoms with E-state index in [0.29, 0.717) is 19.5 Å². The largest absolute Gasteiger partial charge is 0.445 e. The van der Waals surface area contributed by atoms with Crippen molar-refractivity contribution in [3.63, 3.8) is 0 Å². The molecule has 3 N–H and O–H groups in total. The zero-order chi connectivity index (χ0) is 12.0. The molecule has 1 rings (SSSR count). The number of β-amino-alcohol motifs (C(OH)–C–C–N with tert-alkyl or cyclic N) is 1. The van der Waals surface area contributed by atoms with Crippen molar-refractivity contribution in [1.82, 2.24) is 10.6 Å². The molecule has 6 heteroatoms. The van der Waals surface area contributed by atoms with Crippen LogP contribution in [0.3, 0.4) is 0 Å². The molecule has 2 atom stereocenters. The van der Waals surface area contributed by atoms with E-state index in [-0.39, 0.29) is 31.2 Å². The van der Waals surface area contributed by atoms with Gasteiger partial charge in [0.25, 0.3) is 0 Å². The molecule has 1 heterocycles. The van der Waals surface area contributed by atoms with Crippen LogP contribution < -0.4 is 10.6 Å². The maximum atomic E-state index is 11.1. The molecule has 0 aliphatic carbocycles. The van der Waals surface area contributed by atoms with Gasteiger partial charge in [-0.2, -0.15) is 0 Å². The highest BCUT2D eigenvalue weighted by Gasteiger charge is 2.24. The second-order valence-corrected chi connectivity index (χ2v) is 3.75. The van der Waals surface area contributed by atoms with E-state index < -0.39 is 6.09 Å². The first kappa shape index (κ1) is 16.0. The minimum absolute atomic E-state index is 0. The summed E-state index contributed by atoms with van der Waals surface area (Å²) in [6.45, 7) is 8.41. The maximum absolute atomic E-state index is 11.1. The van der Waals surface area contributed by atoms with E-state index in [1.54, 1.807) is 0 Å². The van der Waals surface area contributed by atoms with E-state index in [1.807, 2.05) is 0 Å². The topological polar surface area (TPSA) is 70.6 Å². The van der Waals surface area contributed by atoms with Gasteiger partial charge in [-0.3, -0.25) is 0 Å². The Balaban J connectivity index is 0.00000256. The lowest BCUT2D eigenvalue weighted by molar-refractivity contribution is 0.159. The summed E-state index contributed by atoms with van der Waals surface area (Å²) in [6.07, 6.45) is 1.33. The Hall–Kier alpha value is -1.04. The predicted octanol–water partition coefficient (Wildman–Crippen LogP) is 0.599. The van der Waals surface area contributed by atoms with Crippen molar-refractivity contribution in [1.29, 1.82) is 0 Å². The van der Waals surface area contributed by atoms with Gasteiger partial charge in [-0.15, -0.1) is 12.4 Å². The van der Waals surface area contributed by atoms with Crippen LogP contribution >= 0.6 is 12.4 Å². The Bertz CT molecular complexity index is 284. The van der Waals surface area contributed by atoms with E-state index in [0.717, 1.165) is 5.57 Å². The Morgan fingerprint density at radius 1 is 1.65 bits per heavy atom. The van der Waals surface area contributed by atoms with E-state index in [2.05, 4.69) is 23.8 Å². The zero-order valence-electron chi connectivity index (χ0n) is 9.65. The molecule has 0 radical (unpaired) electrons. The lowest BCUT2D eigenvalue weighted by Gasteiger charge is -2.14. The first-order chi connectivity index (χ1) is 7.63. The van der Waals surface area contributed by atoms with Gasteiger partial charge in [0.05, 0.1) is 6.10 Å². The fourth-order valence-corrected chi connectivity index (χ4v) is 1.52. The zero-order valence-corrected chi connectivity index (χ0v) is 10.5. The van der Waals surface area contributed by atoms with Crippen molar-refractivity contribution in [2.75, 3.05) is 19.7 Å². The molecule has 1 amide bonds. The van der Waals surface area contributed by atoms with Crippen LogP contribution in [0.4, 0.5) is 4.79 Å². The number of rotatable bonds is 5. The minimum atomic E-state index is -0.486. The van der Waals surface area contributed by atoms with Gasteiger partial charge in [0.2, 0.25) is 0 Å². The summed E-state index contributed by atoms with van der Waals surface area (Å²) < 4.78 is 4.75. The fourth-order valence-electron chi connectivity index (χ4n) is 1.52. The quantitative estimate of drug-likeness (QED) is 0.635. The Morgan fingerprint density at radius 3 is 2.88 bits per heavy atom. The monoisotopic (exact) mass is 262 g/mol. The van der Waals surface area contributed by atoms with Crippen LogP contribution in [-0.2, 0) is 4.74 Å². The van der Waals surface area contributed by atoms with Crippen molar-refractivity contribution < 1.29 is 14.6 Å².